The largest absolute Gasteiger partial charge is 0.281 e. The highest BCUT2D eigenvalue weighted by atomic mass is 35.5. The standard InChI is InChI=1S/C9H12Cl2N4O2S/c1-14(2)18(16,17)15-4-3-6-7(5-15)12-9(11)13-8(6)10/h3-5H2,1-2H3. The summed E-state index contributed by atoms with van der Waals surface area (Å²) in [6, 6.07) is 0. The highest BCUT2D eigenvalue weighted by Crippen LogP contribution is 2.26. The molecule has 100 valence electrons. The molecule has 0 aromatic carbocycles. The molecule has 0 N–H and O–H groups in total. The lowest BCUT2D eigenvalue weighted by atomic mass is 10.1. The quantitative estimate of drug-likeness (QED) is 0.602. The van der Waals surface area contributed by atoms with E-state index in [0.29, 0.717) is 23.8 Å². The van der Waals surface area contributed by atoms with Gasteiger partial charge in [0.25, 0.3) is 10.2 Å². The Balaban J connectivity index is 2.36. The Morgan fingerprint density at radius 1 is 1.28 bits per heavy atom. The van der Waals surface area contributed by atoms with Crippen molar-refractivity contribution in [1.82, 2.24) is 18.6 Å². The van der Waals surface area contributed by atoms with Gasteiger partial charge < -0.3 is 0 Å². The van der Waals surface area contributed by atoms with Crippen molar-refractivity contribution in [2.45, 2.75) is 13.0 Å². The summed E-state index contributed by atoms with van der Waals surface area (Å²) < 4.78 is 26.5. The van der Waals surface area contributed by atoms with Crippen LogP contribution in [0.1, 0.15) is 11.3 Å². The molecule has 0 aliphatic carbocycles. The maximum absolute atomic E-state index is 12.0. The van der Waals surface area contributed by atoms with E-state index >= 15 is 0 Å². The summed E-state index contributed by atoms with van der Waals surface area (Å²) in [5.41, 5.74) is 1.34. The van der Waals surface area contributed by atoms with Crippen LogP contribution < -0.4 is 0 Å². The van der Waals surface area contributed by atoms with E-state index < -0.39 is 10.2 Å². The first-order valence-electron chi connectivity index (χ1n) is 5.20. The van der Waals surface area contributed by atoms with Crippen molar-refractivity contribution in [3.63, 3.8) is 0 Å². The van der Waals surface area contributed by atoms with Gasteiger partial charge in [-0.3, -0.25) is 0 Å². The number of fused-ring (bicyclic) bond motifs is 1. The second kappa shape index (κ2) is 4.90. The second-order valence-electron chi connectivity index (χ2n) is 4.08. The maximum atomic E-state index is 12.0. The van der Waals surface area contributed by atoms with E-state index in [0.717, 1.165) is 5.56 Å². The monoisotopic (exact) mass is 310 g/mol. The van der Waals surface area contributed by atoms with Crippen LogP contribution in [0.3, 0.4) is 0 Å². The SMILES string of the molecule is CN(C)S(=O)(=O)N1CCc2c(Cl)nc(Cl)nc2C1. The molecule has 0 radical (unpaired) electrons. The van der Waals surface area contributed by atoms with Crippen LogP contribution in [-0.4, -0.2) is 47.6 Å². The van der Waals surface area contributed by atoms with Crippen LogP contribution in [0.25, 0.3) is 0 Å². The van der Waals surface area contributed by atoms with Crippen molar-refractivity contribution in [3.8, 4) is 0 Å². The lowest BCUT2D eigenvalue weighted by Gasteiger charge is -2.29. The van der Waals surface area contributed by atoms with E-state index in [4.69, 9.17) is 23.2 Å². The molecular weight excluding hydrogens is 299 g/mol. The molecule has 0 bridgehead atoms. The molecule has 1 aliphatic heterocycles. The van der Waals surface area contributed by atoms with Gasteiger partial charge in [-0.15, -0.1) is 0 Å². The van der Waals surface area contributed by atoms with Gasteiger partial charge in [-0.1, -0.05) is 11.6 Å². The van der Waals surface area contributed by atoms with Crippen molar-refractivity contribution >= 4 is 33.4 Å². The zero-order valence-electron chi connectivity index (χ0n) is 9.89. The first-order chi connectivity index (χ1) is 8.32. The number of aromatic nitrogens is 2. The van der Waals surface area contributed by atoms with E-state index in [1.165, 1.54) is 22.7 Å². The minimum Gasteiger partial charge on any atom is -0.221 e. The molecule has 0 atom stereocenters. The summed E-state index contributed by atoms with van der Waals surface area (Å²) in [7, 11) is -0.467. The fourth-order valence-corrected chi connectivity index (χ4v) is 3.34. The minimum absolute atomic E-state index is 0.0304. The van der Waals surface area contributed by atoms with E-state index in [9.17, 15) is 8.42 Å². The Bertz CT molecular complexity index is 576. The number of hydrogen-bond donors (Lipinski definition) is 0. The molecule has 1 aromatic heterocycles. The summed E-state index contributed by atoms with van der Waals surface area (Å²) in [6.45, 7) is 0.524. The maximum Gasteiger partial charge on any atom is 0.281 e. The Morgan fingerprint density at radius 3 is 2.56 bits per heavy atom. The van der Waals surface area contributed by atoms with Crippen molar-refractivity contribution in [1.29, 1.82) is 0 Å². The Kier molecular flexibility index (Phi) is 3.80. The van der Waals surface area contributed by atoms with Gasteiger partial charge in [0, 0.05) is 26.2 Å². The van der Waals surface area contributed by atoms with E-state index in [1.54, 1.807) is 0 Å². The minimum atomic E-state index is -3.45. The molecule has 1 aromatic rings. The number of hydrogen-bond acceptors (Lipinski definition) is 4. The van der Waals surface area contributed by atoms with Gasteiger partial charge in [-0.2, -0.15) is 17.0 Å². The fraction of sp³-hybridized carbons (Fsp3) is 0.556. The van der Waals surface area contributed by atoms with Gasteiger partial charge in [0.15, 0.2) is 0 Å². The first-order valence-corrected chi connectivity index (χ1v) is 7.36. The van der Waals surface area contributed by atoms with Crippen LogP contribution in [0.4, 0.5) is 0 Å². The van der Waals surface area contributed by atoms with Crippen LogP contribution in [0.5, 0.6) is 0 Å². The summed E-state index contributed by atoms with van der Waals surface area (Å²) in [5.74, 6) is 0. The molecule has 0 fully saturated rings. The predicted octanol–water partition coefficient (Wildman–Crippen LogP) is 0.948. The lowest BCUT2D eigenvalue weighted by molar-refractivity contribution is 0.353. The molecule has 6 nitrogen and oxygen atoms in total. The third-order valence-electron chi connectivity index (χ3n) is 2.74. The Morgan fingerprint density at radius 2 is 1.94 bits per heavy atom. The molecule has 1 aliphatic rings. The molecule has 9 heteroatoms. The van der Waals surface area contributed by atoms with Gasteiger partial charge >= 0.3 is 0 Å². The summed E-state index contributed by atoms with van der Waals surface area (Å²) in [6.07, 6.45) is 0.485. The number of nitrogens with zero attached hydrogens (tertiary/aromatic N) is 4. The van der Waals surface area contributed by atoms with Crippen LogP contribution in [0.15, 0.2) is 0 Å². The van der Waals surface area contributed by atoms with Crippen molar-refractivity contribution in [2.24, 2.45) is 0 Å². The van der Waals surface area contributed by atoms with Crippen LogP contribution in [0.2, 0.25) is 10.4 Å². The molecular formula is C9H12Cl2N4O2S. The van der Waals surface area contributed by atoms with Gasteiger partial charge in [0.1, 0.15) is 5.15 Å². The first kappa shape index (κ1) is 14.0. The van der Waals surface area contributed by atoms with E-state index in [-0.39, 0.29) is 11.8 Å². The normalized spacial score (nSPS) is 16.9. The van der Waals surface area contributed by atoms with Gasteiger partial charge in [0.2, 0.25) is 5.28 Å². The van der Waals surface area contributed by atoms with Gasteiger partial charge in [-0.25, -0.2) is 9.97 Å². The topological polar surface area (TPSA) is 66.4 Å². The molecule has 18 heavy (non-hydrogen) atoms. The predicted molar refractivity (Wildman–Crippen MR) is 68.8 cm³/mol. The van der Waals surface area contributed by atoms with Crippen LogP contribution in [0, 0.1) is 0 Å². The van der Waals surface area contributed by atoms with Crippen LogP contribution in [-0.2, 0) is 23.2 Å². The fourth-order valence-electron chi connectivity index (χ4n) is 1.76. The highest BCUT2D eigenvalue weighted by molar-refractivity contribution is 7.86. The number of halogens is 2. The highest BCUT2D eigenvalue weighted by Gasteiger charge is 2.30. The molecule has 0 saturated heterocycles. The summed E-state index contributed by atoms with van der Waals surface area (Å²) >= 11 is 11.7. The Hall–Kier alpha value is -0.470. The molecule has 0 amide bonds. The van der Waals surface area contributed by atoms with Crippen molar-refractivity contribution < 1.29 is 8.42 Å². The van der Waals surface area contributed by atoms with Gasteiger partial charge in [-0.05, 0) is 18.0 Å². The third-order valence-corrected chi connectivity index (χ3v) is 5.11. The van der Waals surface area contributed by atoms with Crippen LogP contribution >= 0.6 is 23.2 Å². The number of rotatable bonds is 2. The second-order valence-corrected chi connectivity index (χ2v) is 6.92. The summed E-state index contributed by atoms with van der Waals surface area (Å²) in [4.78, 5) is 7.89. The molecule has 0 spiro atoms. The zero-order chi connectivity index (χ0) is 13.5. The molecule has 2 rings (SSSR count). The van der Waals surface area contributed by atoms with E-state index in [1.807, 2.05) is 0 Å². The third kappa shape index (κ3) is 2.46. The summed E-state index contributed by atoms with van der Waals surface area (Å²) in [5, 5.41) is 0.328. The van der Waals surface area contributed by atoms with Gasteiger partial charge in [0.05, 0.1) is 12.2 Å². The van der Waals surface area contributed by atoms with Crippen molar-refractivity contribution in [3.05, 3.63) is 21.7 Å². The van der Waals surface area contributed by atoms with Crippen molar-refractivity contribution in [2.75, 3.05) is 20.6 Å². The molecule has 0 saturated carbocycles. The lowest BCUT2D eigenvalue weighted by Crippen LogP contribution is -2.43. The average Bonchev–Trinajstić information content (AvgIpc) is 2.27. The molecule has 0 unspecified atom stereocenters. The molecule has 2 heterocycles. The van der Waals surface area contributed by atoms with E-state index in [2.05, 4.69) is 9.97 Å². The zero-order valence-corrected chi connectivity index (χ0v) is 12.2. The average molecular weight is 311 g/mol. The smallest absolute Gasteiger partial charge is 0.221 e. The Labute approximate surface area is 116 Å².